The SMILES string of the molecule is Cc1ccc(-c2cc(C(F)(F)F)c3cnn(-c4ccc(F)cc4)c3n2)cc1C. The number of fused-ring (bicyclic) bond motifs is 1. The highest BCUT2D eigenvalue weighted by molar-refractivity contribution is 5.84. The van der Waals surface area contributed by atoms with Crippen molar-refractivity contribution < 1.29 is 17.6 Å². The summed E-state index contributed by atoms with van der Waals surface area (Å²) in [6.45, 7) is 3.82. The van der Waals surface area contributed by atoms with Crippen molar-refractivity contribution in [3.8, 4) is 16.9 Å². The first kappa shape index (κ1) is 18.2. The molecule has 2 aromatic heterocycles. The first-order valence-electron chi connectivity index (χ1n) is 8.53. The van der Waals surface area contributed by atoms with Crippen molar-refractivity contribution in [2.75, 3.05) is 0 Å². The Morgan fingerprint density at radius 1 is 0.893 bits per heavy atom. The molecule has 2 aromatic carbocycles. The Bertz CT molecular complexity index is 1170. The van der Waals surface area contributed by atoms with E-state index in [9.17, 15) is 17.6 Å². The third-order valence-electron chi connectivity index (χ3n) is 4.72. The summed E-state index contributed by atoms with van der Waals surface area (Å²) in [6.07, 6.45) is -3.43. The molecule has 0 fully saturated rings. The van der Waals surface area contributed by atoms with Gasteiger partial charge in [-0.3, -0.25) is 0 Å². The number of nitrogens with zero attached hydrogens (tertiary/aromatic N) is 3. The second-order valence-electron chi connectivity index (χ2n) is 6.62. The average molecular weight is 385 g/mol. The van der Waals surface area contributed by atoms with Crippen molar-refractivity contribution in [2.45, 2.75) is 20.0 Å². The third kappa shape index (κ3) is 3.13. The Morgan fingerprint density at radius 2 is 1.61 bits per heavy atom. The van der Waals surface area contributed by atoms with Crippen LogP contribution in [0.25, 0.3) is 28.0 Å². The van der Waals surface area contributed by atoms with Gasteiger partial charge in [-0.05, 0) is 61.4 Å². The zero-order valence-electron chi connectivity index (χ0n) is 15.0. The summed E-state index contributed by atoms with van der Waals surface area (Å²) >= 11 is 0. The average Bonchev–Trinajstić information content (AvgIpc) is 3.07. The van der Waals surface area contributed by atoms with E-state index in [0.29, 0.717) is 11.3 Å². The Hall–Kier alpha value is -3.22. The van der Waals surface area contributed by atoms with Gasteiger partial charge in [-0.25, -0.2) is 14.1 Å². The monoisotopic (exact) mass is 385 g/mol. The minimum Gasteiger partial charge on any atom is -0.228 e. The van der Waals surface area contributed by atoms with Crippen LogP contribution in [0.4, 0.5) is 17.6 Å². The molecule has 0 amide bonds. The predicted octanol–water partition coefficient (Wildman–Crippen LogP) is 5.86. The molecule has 0 atom stereocenters. The van der Waals surface area contributed by atoms with Crippen molar-refractivity contribution in [1.82, 2.24) is 14.8 Å². The van der Waals surface area contributed by atoms with E-state index in [1.165, 1.54) is 28.9 Å². The molecular formula is C21H15F4N3. The largest absolute Gasteiger partial charge is 0.417 e. The molecule has 28 heavy (non-hydrogen) atoms. The fraction of sp³-hybridized carbons (Fsp3) is 0.143. The van der Waals surface area contributed by atoms with E-state index in [-0.39, 0.29) is 16.7 Å². The molecule has 0 unspecified atom stereocenters. The van der Waals surface area contributed by atoms with Gasteiger partial charge in [0.25, 0.3) is 0 Å². The molecule has 4 aromatic rings. The maximum absolute atomic E-state index is 13.7. The lowest BCUT2D eigenvalue weighted by Crippen LogP contribution is -2.07. The summed E-state index contributed by atoms with van der Waals surface area (Å²) in [7, 11) is 0. The number of hydrogen-bond acceptors (Lipinski definition) is 2. The second-order valence-corrected chi connectivity index (χ2v) is 6.62. The molecule has 0 spiro atoms. The number of rotatable bonds is 2. The van der Waals surface area contributed by atoms with E-state index in [2.05, 4.69) is 10.1 Å². The van der Waals surface area contributed by atoms with Gasteiger partial charge in [-0.15, -0.1) is 0 Å². The Balaban J connectivity index is 2.00. The van der Waals surface area contributed by atoms with Gasteiger partial charge in [-0.2, -0.15) is 18.3 Å². The summed E-state index contributed by atoms with van der Waals surface area (Å²) in [6, 6.07) is 11.8. The van der Waals surface area contributed by atoms with E-state index in [0.717, 1.165) is 23.4 Å². The fourth-order valence-electron chi connectivity index (χ4n) is 3.05. The summed E-state index contributed by atoms with van der Waals surface area (Å²) in [4.78, 5) is 4.46. The summed E-state index contributed by atoms with van der Waals surface area (Å²) in [5.41, 5.74) is 2.47. The van der Waals surface area contributed by atoms with Crippen LogP contribution in [0.1, 0.15) is 16.7 Å². The second kappa shape index (κ2) is 6.44. The Morgan fingerprint density at radius 3 is 2.25 bits per heavy atom. The number of pyridine rings is 1. The van der Waals surface area contributed by atoms with Crippen LogP contribution in [-0.2, 0) is 6.18 Å². The van der Waals surface area contributed by atoms with E-state index in [1.807, 2.05) is 26.0 Å². The zero-order valence-corrected chi connectivity index (χ0v) is 15.0. The standard InChI is InChI=1S/C21H15F4N3/c1-12-3-4-14(9-13(12)2)19-10-18(21(23,24)25)17-11-26-28(20(17)27-19)16-7-5-15(22)6-8-16/h3-11H,1-2H3. The molecule has 4 rings (SSSR count). The summed E-state index contributed by atoms with van der Waals surface area (Å²) in [5, 5.41) is 3.96. The number of halogens is 4. The molecular weight excluding hydrogens is 370 g/mol. The van der Waals surface area contributed by atoms with Gasteiger partial charge in [0.05, 0.1) is 28.5 Å². The van der Waals surface area contributed by atoms with Crippen LogP contribution in [0, 0.1) is 19.7 Å². The first-order chi connectivity index (χ1) is 13.2. The van der Waals surface area contributed by atoms with Gasteiger partial charge in [-0.1, -0.05) is 12.1 Å². The molecule has 7 heteroatoms. The minimum absolute atomic E-state index is 0.0645. The zero-order chi connectivity index (χ0) is 20.1. The highest BCUT2D eigenvalue weighted by Gasteiger charge is 2.34. The van der Waals surface area contributed by atoms with Crippen molar-refractivity contribution in [1.29, 1.82) is 0 Å². The van der Waals surface area contributed by atoms with Crippen LogP contribution in [-0.4, -0.2) is 14.8 Å². The normalized spacial score (nSPS) is 11.9. The number of aromatic nitrogens is 3. The van der Waals surface area contributed by atoms with Crippen molar-refractivity contribution in [2.24, 2.45) is 0 Å². The van der Waals surface area contributed by atoms with Crippen LogP contribution in [0.15, 0.2) is 54.7 Å². The van der Waals surface area contributed by atoms with Crippen molar-refractivity contribution in [3.63, 3.8) is 0 Å². The molecule has 2 heterocycles. The highest BCUT2D eigenvalue weighted by Crippen LogP contribution is 2.37. The van der Waals surface area contributed by atoms with Crippen LogP contribution in [0.2, 0.25) is 0 Å². The predicted molar refractivity (Wildman–Crippen MR) is 98.7 cm³/mol. The molecule has 0 bridgehead atoms. The number of benzene rings is 2. The van der Waals surface area contributed by atoms with Crippen molar-refractivity contribution >= 4 is 11.0 Å². The molecule has 0 aliphatic rings. The van der Waals surface area contributed by atoms with E-state index in [1.54, 1.807) is 6.07 Å². The number of aryl methyl sites for hydroxylation is 2. The lowest BCUT2D eigenvalue weighted by atomic mass is 10.0. The molecule has 0 radical (unpaired) electrons. The van der Waals surface area contributed by atoms with Gasteiger partial charge in [0.15, 0.2) is 5.65 Å². The van der Waals surface area contributed by atoms with Crippen LogP contribution in [0.5, 0.6) is 0 Å². The quantitative estimate of drug-likeness (QED) is 0.405. The fourth-order valence-corrected chi connectivity index (χ4v) is 3.05. The molecule has 3 nitrogen and oxygen atoms in total. The minimum atomic E-state index is -4.56. The van der Waals surface area contributed by atoms with Gasteiger partial charge in [0, 0.05) is 5.56 Å². The van der Waals surface area contributed by atoms with Crippen LogP contribution in [0.3, 0.4) is 0 Å². The van der Waals surface area contributed by atoms with E-state index >= 15 is 0 Å². The topological polar surface area (TPSA) is 30.7 Å². The summed E-state index contributed by atoms with van der Waals surface area (Å²) < 4.78 is 55.6. The highest BCUT2D eigenvalue weighted by atomic mass is 19.4. The maximum atomic E-state index is 13.7. The van der Waals surface area contributed by atoms with Gasteiger partial charge in [0.2, 0.25) is 0 Å². The summed E-state index contributed by atoms with van der Waals surface area (Å²) in [5.74, 6) is -0.444. The van der Waals surface area contributed by atoms with Gasteiger partial charge >= 0.3 is 6.18 Å². The number of hydrogen-bond donors (Lipinski definition) is 0. The van der Waals surface area contributed by atoms with Crippen molar-refractivity contribution in [3.05, 3.63) is 77.2 Å². The third-order valence-corrected chi connectivity index (χ3v) is 4.72. The van der Waals surface area contributed by atoms with Gasteiger partial charge in [0.1, 0.15) is 5.82 Å². The molecule has 0 N–H and O–H groups in total. The Labute approximate surface area is 158 Å². The smallest absolute Gasteiger partial charge is 0.228 e. The molecule has 0 aliphatic heterocycles. The number of alkyl halides is 3. The molecule has 0 saturated carbocycles. The lowest BCUT2D eigenvalue weighted by molar-refractivity contribution is -0.136. The lowest BCUT2D eigenvalue weighted by Gasteiger charge is -2.12. The van der Waals surface area contributed by atoms with E-state index < -0.39 is 17.6 Å². The van der Waals surface area contributed by atoms with Crippen LogP contribution < -0.4 is 0 Å². The Kier molecular flexibility index (Phi) is 4.18. The molecule has 142 valence electrons. The molecule has 0 saturated heterocycles. The van der Waals surface area contributed by atoms with E-state index in [4.69, 9.17) is 0 Å². The first-order valence-corrected chi connectivity index (χ1v) is 8.53. The van der Waals surface area contributed by atoms with Crippen LogP contribution >= 0.6 is 0 Å². The maximum Gasteiger partial charge on any atom is 0.417 e. The molecule has 0 aliphatic carbocycles. The van der Waals surface area contributed by atoms with Gasteiger partial charge < -0.3 is 0 Å².